The van der Waals surface area contributed by atoms with Gasteiger partial charge in [0, 0.05) is 19.9 Å². The van der Waals surface area contributed by atoms with Crippen molar-refractivity contribution in [3.05, 3.63) is 22.7 Å². The van der Waals surface area contributed by atoms with Gasteiger partial charge in [0.1, 0.15) is 5.75 Å². The Bertz CT molecular complexity index is 524. The van der Waals surface area contributed by atoms with Gasteiger partial charge in [-0.05, 0) is 17.7 Å². The number of benzene rings is 1. The highest BCUT2D eigenvalue weighted by Gasteiger charge is 2.17. The molecule has 0 aliphatic rings. The molecule has 0 spiro atoms. The molecule has 0 unspecified atom stereocenters. The van der Waals surface area contributed by atoms with Crippen molar-refractivity contribution in [1.29, 1.82) is 0 Å². The van der Waals surface area contributed by atoms with E-state index in [9.17, 15) is 14.4 Å². The summed E-state index contributed by atoms with van der Waals surface area (Å²) in [5.74, 6) is -1.33. The SMILES string of the molecule is CC(=O)Oc1cc(OC(C)=O)c(Cl)c(C(=O)Cl)c1. The van der Waals surface area contributed by atoms with Crippen LogP contribution in [-0.2, 0) is 9.59 Å². The Morgan fingerprint density at radius 2 is 1.61 bits per heavy atom. The first-order valence-corrected chi connectivity index (χ1v) is 5.47. The largest absolute Gasteiger partial charge is 0.427 e. The predicted octanol–water partition coefficient (Wildman–Crippen LogP) is 2.57. The van der Waals surface area contributed by atoms with E-state index in [-0.39, 0.29) is 22.1 Å². The van der Waals surface area contributed by atoms with Gasteiger partial charge in [-0.25, -0.2) is 0 Å². The summed E-state index contributed by atoms with van der Waals surface area (Å²) in [6, 6.07) is 2.40. The van der Waals surface area contributed by atoms with Crippen LogP contribution in [0.15, 0.2) is 12.1 Å². The minimum absolute atomic E-state index is 0.00662. The quantitative estimate of drug-likeness (QED) is 0.486. The van der Waals surface area contributed by atoms with E-state index in [0.717, 1.165) is 6.92 Å². The molecule has 0 amide bonds. The highest BCUT2D eigenvalue weighted by molar-refractivity contribution is 6.68. The lowest BCUT2D eigenvalue weighted by Crippen LogP contribution is -2.06. The second kappa shape index (κ2) is 5.84. The van der Waals surface area contributed by atoms with E-state index in [1.807, 2.05) is 0 Å². The summed E-state index contributed by atoms with van der Waals surface area (Å²) < 4.78 is 9.57. The van der Waals surface area contributed by atoms with E-state index in [0.29, 0.717) is 0 Å². The Balaban J connectivity index is 3.31. The molecule has 7 heteroatoms. The third kappa shape index (κ3) is 3.72. The lowest BCUT2D eigenvalue weighted by Gasteiger charge is -2.09. The maximum Gasteiger partial charge on any atom is 0.308 e. The van der Waals surface area contributed by atoms with Crippen molar-refractivity contribution in [2.45, 2.75) is 13.8 Å². The molecule has 0 aromatic heterocycles. The van der Waals surface area contributed by atoms with Crippen molar-refractivity contribution < 1.29 is 23.9 Å². The second-order valence-electron chi connectivity index (χ2n) is 3.24. The summed E-state index contributed by atoms with van der Waals surface area (Å²) in [5, 5.41) is -0.983. The number of carbonyl (C=O) groups is 3. The number of rotatable bonds is 3. The second-order valence-corrected chi connectivity index (χ2v) is 3.97. The normalized spacial score (nSPS) is 9.78. The van der Waals surface area contributed by atoms with Gasteiger partial charge in [-0.15, -0.1) is 0 Å². The first-order chi connectivity index (χ1) is 8.31. The van der Waals surface area contributed by atoms with Crippen LogP contribution in [0.3, 0.4) is 0 Å². The topological polar surface area (TPSA) is 69.7 Å². The standard InChI is InChI=1S/C11H8Cl2O5/c1-5(14)17-7-3-8(11(13)16)10(12)9(4-7)18-6(2)15/h3-4H,1-2H3. The molecule has 18 heavy (non-hydrogen) atoms. The van der Waals surface area contributed by atoms with Crippen LogP contribution in [0, 0.1) is 0 Å². The number of hydrogen-bond donors (Lipinski definition) is 0. The fourth-order valence-electron chi connectivity index (χ4n) is 1.17. The third-order valence-electron chi connectivity index (χ3n) is 1.74. The number of ether oxygens (including phenoxy) is 2. The number of hydrogen-bond acceptors (Lipinski definition) is 5. The zero-order valence-corrected chi connectivity index (χ0v) is 11.0. The molecular weight excluding hydrogens is 283 g/mol. The van der Waals surface area contributed by atoms with Crippen molar-refractivity contribution in [3.63, 3.8) is 0 Å². The Morgan fingerprint density at radius 1 is 1.06 bits per heavy atom. The fourth-order valence-corrected chi connectivity index (χ4v) is 1.60. The molecule has 0 aliphatic heterocycles. The van der Waals surface area contributed by atoms with Crippen LogP contribution in [0.1, 0.15) is 24.2 Å². The van der Waals surface area contributed by atoms with Gasteiger partial charge in [-0.3, -0.25) is 14.4 Å². The van der Waals surface area contributed by atoms with Crippen molar-refractivity contribution in [2.24, 2.45) is 0 Å². The van der Waals surface area contributed by atoms with Crippen LogP contribution in [0.2, 0.25) is 5.02 Å². The van der Waals surface area contributed by atoms with Gasteiger partial charge in [0.05, 0.1) is 10.6 Å². The van der Waals surface area contributed by atoms with E-state index in [4.69, 9.17) is 32.7 Å². The van der Waals surface area contributed by atoms with Crippen molar-refractivity contribution in [1.82, 2.24) is 0 Å². The fraction of sp³-hybridized carbons (Fsp3) is 0.182. The summed E-state index contributed by atoms with van der Waals surface area (Å²) in [7, 11) is 0. The number of carbonyl (C=O) groups excluding carboxylic acids is 3. The molecule has 1 aromatic carbocycles. The summed E-state index contributed by atoms with van der Waals surface area (Å²) in [6.45, 7) is 2.35. The van der Waals surface area contributed by atoms with Crippen LogP contribution in [0.25, 0.3) is 0 Å². The molecule has 0 fully saturated rings. The summed E-state index contributed by atoms with van der Waals surface area (Å²) >= 11 is 11.2. The van der Waals surface area contributed by atoms with Crippen molar-refractivity contribution >= 4 is 40.4 Å². The molecule has 1 rings (SSSR count). The van der Waals surface area contributed by atoms with Crippen LogP contribution < -0.4 is 9.47 Å². The Morgan fingerprint density at radius 3 is 2.06 bits per heavy atom. The first-order valence-electron chi connectivity index (χ1n) is 4.71. The molecule has 0 atom stereocenters. The van der Waals surface area contributed by atoms with Crippen LogP contribution in [0.5, 0.6) is 11.5 Å². The minimum Gasteiger partial charge on any atom is -0.427 e. The maximum atomic E-state index is 11.1. The molecule has 0 N–H and O–H groups in total. The van der Waals surface area contributed by atoms with E-state index in [2.05, 4.69) is 0 Å². The zero-order chi connectivity index (χ0) is 13.9. The lowest BCUT2D eigenvalue weighted by atomic mass is 10.2. The predicted molar refractivity (Wildman–Crippen MR) is 64.3 cm³/mol. The lowest BCUT2D eigenvalue weighted by molar-refractivity contribution is -0.132. The monoisotopic (exact) mass is 290 g/mol. The summed E-state index contributed by atoms with van der Waals surface area (Å²) in [4.78, 5) is 32.8. The van der Waals surface area contributed by atoms with Gasteiger partial charge in [0.25, 0.3) is 5.24 Å². The van der Waals surface area contributed by atoms with E-state index in [1.54, 1.807) is 0 Å². The molecule has 96 valence electrons. The van der Waals surface area contributed by atoms with E-state index < -0.39 is 17.2 Å². The van der Waals surface area contributed by atoms with Crippen LogP contribution >= 0.6 is 23.2 Å². The van der Waals surface area contributed by atoms with E-state index >= 15 is 0 Å². The van der Waals surface area contributed by atoms with E-state index in [1.165, 1.54) is 19.1 Å². The third-order valence-corrected chi connectivity index (χ3v) is 2.33. The average Bonchev–Trinajstić information content (AvgIpc) is 2.20. The molecule has 0 heterocycles. The smallest absolute Gasteiger partial charge is 0.308 e. The van der Waals surface area contributed by atoms with Gasteiger partial charge >= 0.3 is 11.9 Å². The molecule has 0 saturated carbocycles. The first kappa shape index (κ1) is 14.5. The highest BCUT2D eigenvalue weighted by atomic mass is 35.5. The van der Waals surface area contributed by atoms with Gasteiger partial charge in [0.2, 0.25) is 0 Å². The Kier molecular flexibility index (Phi) is 4.69. The molecule has 1 aromatic rings. The van der Waals surface area contributed by atoms with Gasteiger partial charge < -0.3 is 9.47 Å². The molecule has 0 aliphatic carbocycles. The Labute approximate surface area is 113 Å². The average molecular weight is 291 g/mol. The van der Waals surface area contributed by atoms with Gasteiger partial charge in [-0.2, -0.15) is 0 Å². The maximum absolute atomic E-state index is 11.1. The summed E-state index contributed by atoms with van der Waals surface area (Å²) in [5.41, 5.74) is -0.117. The van der Waals surface area contributed by atoms with Gasteiger partial charge in [0.15, 0.2) is 5.75 Å². The highest BCUT2D eigenvalue weighted by Crippen LogP contribution is 2.34. The van der Waals surface area contributed by atoms with Gasteiger partial charge in [-0.1, -0.05) is 11.6 Å². The minimum atomic E-state index is -0.859. The van der Waals surface area contributed by atoms with Crippen molar-refractivity contribution in [2.75, 3.05) is 0 Å². The molecule has 5 nitrogen and oxygen atoms in total. The molecule has 0 radical (unpaired) electrons. The summed E-state index contributed by atoms with van der Waals surface area (Å²) in [6.07, 6.45) is 0. The molecule has 0 bridgehead atoms. The number of esters is 2. The van der Waals surface area contributed by atoms with Crippen LogP contribution in [-0.4, -0.2) is 17.2 Å². The van der Waals surface area contributed by atoms with Crippen molar-refractivity contribution in [3.8, 4) is 11.5 Å². The zero-order valence-electron chi connectivity index (χ0n) is 9.45. The molecule has 0 saturated heterocycles. The molecular formula is C11H8Cl2O5. The number of halogens is 2. The Hall–Kier alpha value is -1.59. The van der Waals surface area contributed by atoms with Crippen LogP contribution in [0.4, 0.5) is 0 Å².